The molecule has 1 unspecified atom stereocenters. The highest BCUT2D eigenvalue weighted by Crippen LogP contribution is 2.22. The maximum atomic E-state index is 12.0. The van der Waals surface area contributed by atoms with Crippen molar-refractivity contribution >= 4 is 43.4 Å². The van der Waals surface area contributed by atoms with E-state index in [9.17, 15) is 13.5 Å². The Kier molecular flexibility index (Phi) is 5.69. The van der Waals surface area contributed by atoms with Gasteiger partial charge in [-0.05, 0) is 47.3 Å². The summed E-state index contributed by atoms with van der Waals surface area (Å²) in [5.74, 6) is 0.442. The molecule has 0 aliphatic rings. The third-order valence-electron chi connectivity index (χ3n) is 2.38. The molecule has 4 N–H and O–H groups in total. The number of benzene rings is 1. The van der Waals surface area contributed by atoms with Gasteiger partial charge in [-0.25, -0.2) is 13.1 Å². The Balaban J connectivity index is 2.84. The van der Waals surface area contributed by atoms with E-state index in [1.54, 1.807) is 13.0 Å². The van der Waals surface area contributed by atoms with Gasteiger partial charge >= 0.3 is 0 Å². The van der Waals surface area contributed by atoms with E-state index in [4.69, 9.17) is 5.73 Å². The lowest BCUT2D eigenvalue weighted by molar-refractivity contribution is 0.0908. The smallest absolute Gasteiger partial charge is 0.240 e. The standard InChI is InChI=1S/C11H17BrN2O3S2/c1-11(15,7-18-2)6-14-19(16,17)8-3-4-9(12)10(13)5-8/h3-5,14-15H,6-7,13H2,1-2H3. The van der Waals surface area contributed by atoms with Crippen LogP contribution >= 0.6 is 27.7 Å². The van der Waals surface area contributed by atoms with Crippen LogP contribution in [0.3, 0.4) is 0 Å². The van der Waals surface area contributed by atoms with Gasteiger partial charge < -0.3 is 10.8 Å². The second kappa shape index (κ2) is 6.45. The van der Waals surface area contributed by atoms with Crippen LogP contribution in [0.15, 0.2) is 27.6 Å². The first-order chi connectivity index (χ1) is 8.68. The van der Waals surface area contributed by atoms with Crippen molar-refractivity contribution in [2.75, 3.05) is 24.3 Å². The van der Waals surface area contributed by atoms with Crippen LogP contribution < -0.4 is 10.5 Å². The Morgan fingerprint density at radius 1 is 1.53 bits per heavy atom. The third kappa shape index (κ3) is 4.96. The summed E-state index contributed by atoms with van der Waals surface area (Å²) in [6.45, 7) is 1.54. The molecule has 0 aromatic heterocycles. The van der Waals surface area contributed by atoms with Crippen molar-refractivity contribution in [2.24, 2.45) is 0 Å². The van der Waals surface area contributed by atoms with Gasteiger partial charge in [0.05, 0.1) is 10.5 Å². The molecule has 8 heteroatoms. The quantitative estimate of drug-likeness (QED) is 0.660. The fourth-order valence-corrected chi connectivity index (χ4v) is 3.55. The molecule has 0 radical (unpaired) electrons. The molecular weight excluding hydrogens is 352 g/mol. The zero-order valence-electron chi connectivity index (χ0n) is 10.7. The summed E-state index contributed by atoms with van der Waals surface area (Å²) in [5.41, 5.74) is 4.91. The average Bonchev–Trinajstić information content (AvgIpc) is 2.30. The number of nitrogen functional groups attached to an aromatic ring is 1. The SMILES string of the molecule is CSCC(C)(O)CNS(=O)(=O)c1ccc(Br)c(N)c1. The molecule has 1 rings (SSSR count). The second-order valence-electron chi connectivity index (χ2n) is 4.44. The van der Waals surface area contributed by atoms with Gasteiger partial charge in [-0.1, -0.05) is 0 Å². The van der Waals surface area contributed by atoms with Crippen LogP contribution in [0.25, 0.3) is 0 Å². The summed E-state index contributed by atoms with van der Waals surface area (Å²) in [6.07, 6.45) is 1.85. The Labute approximate surface area is 126 Å². The van der Waals surface area contributed by atoms with Crippen LogP contribution in [0.5, 0.6) is 0 Å². The number of nitrogens with one attached hydrogen (secondary N) is 1. The normalized spacial score (nSPS) is 15.2. The molecule has 0 heterocycles. The van der Waals surface area contributed by atoms with E-state index in [1.165, 1.54) is 23.9 Å². The minimum atomic E-state index is -3.67. The van der Waals surface area contributed by atoms with Crippen molar-refractivity contribution in [1.82, 2.24) is 4.72 Å². The first kappa shape index (κ1) is 16.8. The van der Waals surface area contributed by atoms with E-state index in [0.717, 1.165) is 0 Å². The Morgan fingerprint density at radius 3 is 2.68 bits per heavy atom. The molecule has 0 saturated heterocycles. The van der Waals surface area contributed by atoms with Gasteiger partial charge in [-0.2, -0.15) is 11.8 Å². The van der Waals surface area contributed by atoms with Crippen LogP contribution in [-0.4, -0.2) is 37.7 Å². The first-order valence-corrected chi connectivity index (χ1v) is 9.11. The number of hydrogen-bond acceptors (Lipinski definition) is 5. The Morgan fingerprint density at radius 2 is 2.16 bits per heavy atom. The number of aliphatic hydroxyl groups is 1. The number of anilines is 1. The van der Waals surface area contributed by atoms with E-state index in [0.29, 0.717) is 15.9 Å². The predicted molar refractivity (Wildman–Crippen MR) is 82.7 cm³/mol. The molecule has 1 aromatic rings. The zero-order chi connectivity index (χ0) is 14.7. The summed E-state index contributed by atoms with van der Waals surface area (Å²) in [4.78, 5) is 0.0770. The molecular formula is C11H17BrN2O3S2. The molecule has 19 heavy (non-hydrogen) atoms. The van der Waals surface area contributed by atoms with Crippen LogP contribution in [0.2, 0.25) is 0 Å². The lowest BCUT2D eigenvalue weighted by atomic mass is 10.1. The minimum Gasteiger partial charge on any atom is -0.398 e. The van der Waals surface area contributed by atoms with Crippen molar-refractivity contribution < 1.29 is 13.5 Å². The monoisotopic (exact) mass is 368 g/mol. The molecule has 1 atom stereocenters. The highest BCUT2D eigenvalue weighted by Gasteiger charge is 2.24. The molecule has 1 aromatic carbocycles. The lowest BCUT2D eigenvalue weighted by Gasteiger charge is -2.22. The summed E-state index contributed by atoms with van der Waals surface area (Å²) < 4.78 is 27.1. The van der Waals surface area contributed by atoms with Crippen LogP contribution in [-0.2, 0) is 10.0 Å². The molecule has 0 saturated carbocycles. The van der Waals surface area contributed by atoms with Crippen molar-refractivity contribution in [2.45, 2.75) is 17.4 Å². The molecule has 108 valence electrons. The summed E-state index contributed by atoms with van der Waals surface area (Å²) >= 11 is 4.65. The summed E-state index contributed by atoms with van der Waals surface area (Å²) in [6, 6.07) is 4.39. The number of hydrogen-bond donors (Lipinski definition) is 3. The molecule has 0 aliphatic heterocycles. The second-order valence-corrected chi connectivity index (χ2v) is 7.93. The van der Waals surface area contributed by atoms with Gasteiger partial charge in [-0.3, -0.25) is 0 Å². The predicted octanol–water partition coefficient (Wildman–Crippen LogP) is 1.42. The topological polar surface area (TPSA) is 92.4 Å². The van der Waals surface area contributed by atoms with Crippen molar-refractivity contribution in [3.8, 4) is 0 Å². The fraction of sp³-hybridized carbons (Fsp3) is 0.455. The number of nitrogens with two attached hydrogens (primary N) is 1. The van der Waals surface area contributed by atoms with E-state index in [2.05, 4.69) is 20.7 Å². The lowest BCUT2D eigenvalue weighted by Crippen LogP contribution is -2.42. The maximum absolute atomic E-state index is 12.0. The summed E-state index contributed by atoms with van der Waals surface area (Å²) in [5, 5.41) is 9.94. The molecule has 5 nitrogen and oxygen atoms in total. The zero-order valence-corrected chi connectivity index (χ0v) is 13.9. The van der Waals surface area contributed by atoms with E-state index >= 15 is 0 Å². The minimum absolute atomic E-state index is 0.0495. The van der Waals surface area contributed by atoms with Gasteiger partial charge in [0.1, 0.15) is 0 Å². The Bertz CT molecular complexity index is 547. The maximum Gasteiger partial charge on any atom is 0.240 e. The van der Waals surface area contributed by atoms with Gasteiger partial charge in [0.15, 0.2) is 0 Å². The number of sulfonamides is 1. The highest BCUT2D eigenvalue weighted by molar-refractivity contribution is 9.10. The molecule has 0 fully saturated rings. The summed E-state index contributed by atoms with van der Waals surface area (Å²) in [7, 11) is -3.67. The van der Waals surface area contributed by atoms with Gasteiger partial charge in [0, 0.05) is 22.5 Å². The molecule has 0 bridgehead atoms. The van der Waals surface area contributed by atoms with Crippen molar-refractivity contribution in [1.29, 1.82) is 0 Å². The molecule has 0 aliphatic carbocycles. The molecule has 0 amide bonds. The third-order valence-corrected chi connectivity index (χ3v) is 5.41. The largest absolute Gasteiger partial charge is 0.398 e. The van der Waals surface area contributed by atoms with E-state index in [-0.39, 0.29) is 11.4 Å². The first-order valence-electron chi connectivity index (χ1n) is 5.44. The van der Waals surface area contributed by atoms with E-state index in [1.807, 2.05) is 6.26 Å². The van der Waals surface area contributed by atoms with Gasteiger partial charge in [0.2, 0.25) is 10.0 Å². The number of halogens is 1. The Hall–Kier alpha value is -0.280. The van der Waals surface area contributed by atoms with Crippen molar-refractivity contribution in [3.05, 3.63) is 22.7 Å². The van der Waals surface area contributed by atoms with Crippen LogP contribution in [0, 0.1) is 0 Å². The highest BCUT2D eigenvalue weighted by atomic mass is 79.9. The van der Waals surface area contributed by atoms with E-state index < -0.39 is 15.6 Å². The number of rotatable bonds is 6. The van der Waals surface area contributed by atoms with Crippen molar-refractivity contribution in [3.63, 3.8) is 0 Å². The van der Waals surface area contributed by atoms with Crippen LogP contribution in [0.1, 0.15) is 6.92 Å². The number of thioether (sulfide) groups is 1. The molecule has 0 spiro atoms. The fourth-order valence-electron chi connectivity index (χ4n) is 1.38. The van der Waals surface area contributed by atoms with Gasteiger partial charge in [-0.15, -0.1) is 0 Å². The average molecular weight is 369 g/mol. The van der Waals surface area contributed by atoms with Crippen LogP contribution in [0.4, 0.5) is 5.69 Å². The van der Waals surface area contributed by atoms with Gasteiger partial charge in [0.25, 0.3) is 0 Å².